The Labute approximate surface area is 111 Å². The lowest BCUT2D eigenvalue weighted by molar-refractivity contribution is -0.112. The van der Waals surface area contributed by atoms with Gasteiger partial charge in [0.05, 0.1) is 12.3 Å². The summed E-state index contributed by atoms with van der Waals surface area (Å²) in [7, 11) is 1.64. The van der Waals surface area contributed by atoms with Crippen molar-refractivity contribution >= 4 is 11.6 Å². The summed E-state index contributed by atoms with van der Waals surface area (Å²) >= 11 is 0. The predicted octanol–water partition coefficient (Wildman–Crippen LogP) is 0.662. The largest absolute Gasteiger partial charge is 0.506 e. The van der Waals surface area contributed by atoms with E-state index in [2.05, 4.69) is 5.32 Å². The van der Waals surface area contributed by atoms with Crippen LogP contribution >= 0.6 is 0 Å². The van der Waals surface area contributed by atoms with Gasteiger partial charge in [0.1, 0.15) is 17.4 Å². The Kier molecular flexibility index (Phi) is 5.38. The van der Waals surface area contributed by atoms with Crippen molar-refractivity contribution in [3.63, 3.8) is 0 Å². The number of anilines is 1. The van der Waals surface area contributed by atoms with E-state index in [0.29, 0.717) is 6.54 Å². The van der Waals surface area contributed by atoms with E-state index in [-0.39, 0.29) is 23.6 Å². The van der Waals surface area contributed by atoms with Gasteiger partial charge in [0.2, 0.25) is 0 Å². The number of phenolic OH excluding ortho intramolecular Hbond substituents is 1. The average molecular weight is 261 g/mol. The highest BCUT2D eigenvalue weighted by atomic mass is 16.3. The fourth-order valence-electron chi connectivity index (χ4n) is 1.35. The highest BCUT2D eigenvalue weighted by Crippen LogP contribution is 2.21. The van der Waals surface area contributed by atoms with Crippen molar-refractivity contribution in [3.05, 3.63) is 36.0 Å². The van der Waals surface area contributed by atoms with E-state index >= 15 is 0 Å². The van der Waals surface area contributed by atoms with Gasteiger partial charge in [0.15, 0.2) is 0 Å². The third kappa shape index (κ3) is 4.33. The number of nitrogens with one attached hydrogen (secondary N) is 1. The molecular formula is C13H15N3O3. The first-order valence-corrected chi connectivity index (χ1v) is 5.61. The Bertz CT molecular complexity index is 520. The number of likely N-dealkylation sites (N-methyl/N-ethyl adjacent to an activating group) is 1. The van der Waals surface area contributed by atoms with Crippen molar-refractivity contribution in [2.24, 2.45) is 0 Å². The summed E-state index contributed by atoms with van der Waals surface area (Å²) in [5.74, 6) is -0.689. The van der Waals surface area contributed by atoms with Gasteiger partial charge in [-0.3, -0.25) is 4.79 Å². The lowest BCUT2D eigenvalue weighted by Crippen LogP contribution is -2.20. The molecule has 0 aromatic heterocycles. The lowest BCUT2D eigenvalue weighted by Gasteiger charge is -2.12. The Morgan fingerprint density at radius 3 is 2.79 bits per heavy atom. The number of amides is 1. The van der Waals surface area contributed by atoms with Crippen LogP contribution in [0.25, 0.3) is 0 Å². The van der Waals surface area contributed by atoms with Crippen LogP contribution in [0.3, 0.4) is 0 Å². The number of hydrogen-bond donors (Lipinski definition) is 3. The van der Waals surface area contributed by atoms with Gasteiger partial charge in [-0.1, -0.05) is 12.1 Å². The van der Waals surface area contributed by atoms with Crippen LogP contribution in [0.2, 0.25) is 0 Å². The van der Waals surface area contributed by atoms with E-state index in [4.69, 9.17) is 10.4 Å². The summed E-state index contributed by atoms with van der Waals surface area (Å²) in [6.07, 6.45) is 1.34. The number of aliphatic hydroxyl groups excluding tert-OH is 1. The molecule has 1 rings (SSSR count). The molecule has 100 valence electrons. The third-order valence-electron chi connectivity index (χ3n) is 2.32. The smallest absolute Gasteiger partial charge is 0.267 e. The Morgan fingerprint density at radius 2 is 2.21 bits per heavy atom. The van der Waals surface area contributed by atoms with Gasteiger partial charge < -0.3 is 20.4 Å². The van der Waals surface area contributed by atoms with E-state index in [1.165, 1.54) is 23.2 Å². The monoisotopic (exact) mass is 261 g/mol. The predicted molar refractivity (Wildman–Crippen MR) is 70.1 cm³/mol. The molecule has 1 aromatic carbocycles. The minimum atomic E-state index is -0.617. The van der Waals surface area contributed by atoms with Crippen molar-refractivity contribution in [2.45, 2.75) is 0 Å². The molecule has 1 aromatic rings. The number of carbonyl (C=O) groups is 1. The van der Waals surface area contributed by atoms with Gasteiger partial charge in [-0.25, -0.2) is 0 Å². The minimum absolute atomic E-state index is 0.0724. The van der Waals surface area contributed by atoms with Crippen LogP contribution in [0.15, 0.2) is 36.0 Å². The zero-order valence-corrected chi connectivity index (χ0v) is 10.5. The molecule has 0 saturated heterocycles. The standard InChI is InChI=1S/C13H15N3O3/c1-16(6-7-17)9-10(8-14)13(19)15-11-4-2-3-5-12(11)18/h2-5,9,17-18H,6-7H2,1H3,(H,15,19)/b10-9-. The second-order valence-corrected chi connectivity index (χ2v) is 3.83. The second kappa shape index (κ2) is 7.03. The van der Waals surface area contributed by atoms with Crippen LogP contribution in [-0.4, -0.2) is 41.2 Å². The highest BCUT2D eigenvalue weighted by Gasteiger charge is 2.11. The molecule has 6 heteroatoms. The zero-order chi connectivity index (χ0) is 14.3. The minimum Gasteiger partial charge on any atom is -0.506 e. The first-order valence-electron chi connectivity index (χ1n) is 5.61. The third-order valence-corrected chi connectivity index (χ3v) is 2.32. The van der Waals surface area contributed by atoms with Gasteiger partial charge in [0, 0.05) is 19.8 Å². The maximum absolute atomic E-state index is 11.8. The van der Waals surface area contributed by atoms with Crippen LogP contribution < -0.4 is 5.32 Å². The van der Waals surface area contributed by atoms with Crippen LogP contribution in [0.1, 0.15) is 0 Å². The van der Waals surface area contributed by atoms with E-state index in [1.807, 2.05) is 0 Å². The van der Waals surface area contributed by atoms with Crippen molar-refractivity contribution in [1.29, 1.82) is 5.26 Å². The number of rotatable bonds is 5. The van der Waals surface area contributed by atoms with Gasteiger partial charge in [-0.2, -0.15) is 5.26 Å². The first-order chi connectivity index (χ1) is 9.08. The molecule has 0 heterocycles. The molecule has 3 N–H and O–H groups in total. The number of benzene rings is 1. The van der Waals surface area contributed by atoms with Crippen LogP contribution in [0, 0.1) is 11.3 Å². The fraction of sp³-hybridized carbons (Fsp3) is 0.231. The van der Waals surface area contributed by atoms with Crippen LogP contribution in [0.4, 0.5) is 5.69 Å². The van der Waals surface area contributed by atoms with E-state index in [0.717, 1.165) is 0 Å². The van der Waals surface area contributed by atoms with Gasteiger partial charge >= 0.3 is 0 Å². The summed E-state index contributed by atoms with van der Waals surface area (Å²) in [5, 5.41) is 29.6. The summed E-state index contributed by atoms with van der Waals surface area (Å²) in [6.45, 7) is 0.238. The molecule has 0 aliphatic carbocycles. The highest BCUT2D eigenvalue weighted by molar-refractivity contribution is 6.07. The molecule has 0 unspecified atom stereocenters. The number of hydrogen-bond acceptors (Lipinski definition) is 5. The molecule has 0 saturated carbocycles. The van der Waals surface area contributed by atoms with Crippen molar-refractivity contribution in [2.75, 3.05) is 25.5 Å². The van der Waals surface area contributed by atoms with Crippen LogP contribution in [-0.2, 0) is 4.79 Å². The van der Waals surface area contributed by atoms with E-state index in [1.54, 1.807) is 25.2 Å². The van der Waals surface area contributed by atoms with Gasteiger partial charge in [0.25, 0.3) is 5.91 Å². The topological polar surface area (TPSA) is 96.6 Å². The average Bonchev–Trinajstić information content (AvgIpc) is 2.39. The molecule has 0 bridgehead atoms. The maximum Gasteiger partial charge on any atom is 0.267 e. The molecule has 0 fully saturated rings. The number of aromatic hydroxyl groups is 1. The zero-order valence-electron chi connectivity index (χ0n) is 10.5. The Balaban J connectivity index is 2.81. The lowest BCUT2D eigenvalue weighted by atomic mass is 10.2. The molecule has 19 heavy (non-hydrogen) atoms. The quantitative estimate of drug-likeness (QED) is 0.411. The molecule has 6 nitrogen and oxygen atoms in total. The van der Waals surface area contributed by atoms with Crippen molar-refractivity contribution in [1.82, 2.24) is 4.90 Å². The summed E-state index contributed by atoms with van der Waals surface area (Å²) < 4.78 is 0. The fourth-order valence-corrected chi connectivity index (χ4v) is 1.35. The number of phenols is 1. The van der Waals surface area contributed by atoms with E-state index < -0.39 is 5.91 Å². The molecule has 0 radical (unpaired) electrons. The normalized spacial score (nSPS) is 10.7. The molecule has 0 atom stereocenters. The first kappa shape index (κ1) is 14.5. The van der Waals surface area contributed by atoms with Gasteiger partial charge in [-0.05, 0) is 12.1 Å². The van der Waals surface area contributed by atoms with E-state index in [9.17, 15) is 9.90 Å². The summed E-state index contributed by atoms with van der Waals surface area (Å²) in [6, 6.07) is 8.02. The number of aliphatic hydroxyl groups is 1. The molecule has 1 amide bonds. The summed E-state index contributed by atoms with van der Waals surface area (Å²) in [4.78, 5) is 13.4. The van der Waals surface area contributed by atoms with Crippen LogP contribution in [0.5, 0.6) is 5.75 Å². The second-order valence-electron chi connectivity index (χ2n) is 3.83. The van der Waals surface area contributed by atoms with Gasteiger partial charge in [-0.15, -0.1) is 0 Å². The molecule has 0 spiro atoms. The molecular weight excluding hydrogens is 246 g/mol. The van der Waals surface area contributed by atoms with Crippen molar-refractivity contribution < 1.29 is 15.0 Å². The number of para-hydroxylation sites is 2. The molecule has 0 aliphatic heterocycles. The number of nitriles is 1. The maximum atomic E-state index is 11.8. The summed E-state index contributed by atoms with van der Waals surface area (Å²) in [5.41, 5.74) is 0.123. The SMILES string of the molecule is CN(/C=C(/C#N)C(=O)Nc1ccccc1O)CCO. The Hall–Kier alpha value is -2.52. The van der Waals surface area contributed by atoms with Crippen molar-refractivity contribution in [3.8, 4) is 11.8 Å². The Morgan fingerprint density at radius 1 is 1.53 bits per heavy atom. The number of nitrogens with zero attached hydrogens (tertiary/aromatic N) is 2. The number of carbonyl (C=O) groups excluding carboxylic acids is 1. The molecule has 0 aliphatic rings.